The fourth-order valence-electron chi connectivity index (χ4n) is 4.14. The van der Waals surface area contributed by atoms with Crippen LogP contribution in [-0.4, -0.2) is 26.9 Å². The molecule has 0 unspecified atom stereocenters. The smallest absolute Gasteiger partial charge is 0.406 e. The average molecular weight is 487 g/mol. The summed E-state index contributed by atoms with van der Waals surface area (Å²) in [6, 6.07) is 21.3. The van der Waals surface area contributed by atoms with Gasteiger partial charge in [0.25, 0.3) is 0 Å². The molecule has 0 radical (unpaired) electrons. The Bertz CT molecular complexity index is 1590. The molecule has 3 aliphatic rings. The van der Waals surface area contributed by atoms with Crippen LogP contribution in [0.1, 0.15) is 12.8 Å². The van der Waals surface area contributed by atoms with Gasteiger partial charge >= 0.3 is 6.36 Å². The van der Waals surface area contributed by atoms with Crippen molar-refractivity contribution in [3.63, 3.8) is 0 Å². The molecule has 9 heteroatoms. The highest BCUT2D eigenvalue weighted by Gasteiger charge is 2.31. The van der Waals surface area contributed by atoms with Gasteiger partial charge in [-0.15, -0.1) is 13.2 Å². The molecule has 0 spiro atoms. The Hall–Kier alpha value is -4.40. The Morgan fingerprint density at radius 1 is 0.972 bits per heavy atom. The number of benzene rings is 3. The van der Waals surface area contributed by atoms with Gasteiger partial charge in [0.05, 0.1) is 51.4 Å². The first kappa shape index (κ1) is 22.1. The van der Waals surface area contributed by atoms with E-state index < -0.39 is 6.36 Å². The van der Waals surface area contributed by atoms with E-state index in [-0.39, 0.29) is 11.8 Å². The number of fused-ring (bicyclic) bond motifs is 2. The van der Waals surface area contributed by atoms with Gasteiger partial charge in [0.15, 0.2) is 0 Å². The number of nitrogens with one attached hydrogen (secondary N) is 1. The fraction of sp³-hybridized carbons (Fsp3) is 0.148. The molecule has 0 atom stereocenters. The lowest BCUT2D eigenvalue weighted by atomic mass is 10.1. The zero-order valence-corrected chi connectivity index (χ0v) is 18.9. The molecule has 2 aliphatic carbocycles. The van der Waals surface area contributed by atoms with Gasteiger partial charge in [0.2, 0.25) is 0 Å². The van der Waals surface area contributed by atoms with Crippen molar-refractivity contribution < 1.29 is 17.9 Å². The third kappa shape index (κ3) is 4.59. The molecule has 180 valence electrons. The van der Waals surface area contributed by atoms with Crippen molar-refractivity contribution in [1.29, 1.82) is 0 Å². The molecule has 6 rings (SSSR count). The van der Waals surface area contributed by atoms with Crippen LogP contribution in [0.5, 0.6) is 5.75 Å². The monoisotopic (exact) mass is 487 g/mol. The number of pyridine rings is 1. The summed E-state index contributed by atoms with van der Waals surface area (Å²) in [4.78, 5) is 13.9. The summed E-state index contributed by atoms with van der Waals surface area (Å²) in [5.41, 5.74) is 4.95. The van der Waals surface area contributed by atoms with E-state index in [1.807, 2.05) is 53.1 Å². The molecule has 1 saturated carbocycles. The number of halogens is 3. The third-order valence-corrected chi connectivity index (χ3v) is 5.82. The Labute approximate surface area is 204 Å². The van der Waals surface area contributed by atoms with Gasteiger partial charge in [-0.1, -0.05) is 18.2 Å². The summed E-state index contributed by atoms with van der Waals surface area (Å²) < 4.78 is 44.9. The van der Waals surface area contributed by atoms with Crippen molar-refractivity contribution in [2.24, 2.45) is 4.99 Å². The minimum atomic E-state index is -4.78. The molecule has 1 N–H and O–H groups in total. The second-order valence-electron chi connectivity index (χ2n) is 8.57. The Balaban J connectivity index is 1.60. The second-order valence-corrected chi connectivity index (χ2v) is 8.57. The molecule has 2 heterocycles. The Morgan fingerprint density at radius 3 is 2.61 bits per heavy atom. The van der Waals surface area contributed by atoms with Gasteiger partial charge in [0, 0.05) is 18.0 Å². The number of aromatic nitrogens is 3. The molecule has 1 fully saturated rings. The third-order valence-electron chi connectivity index (χ3n) is 5.82. The summed E-state index contributed by atoms with van der Waals surface area (Å²) in [6.45, 7) is 0. The maximum Gasteiger partial charge on any atom is 0.573 e. The highest BCUT2D eigenvalue weighted by Crippen LogP contribution is 2.33. The second kappa shape index (κ2) is 8.67. The molecule has 1 aliphatic heterocycles. The predicted molar refractivity (Wildman–Crippen MR) is 130 cm³/mol. The van der Waals surface area contributed by atoms with Gasteiger partial charge < -0.3 is 14.6 Å². The first-order valence-electron chi connectivity index (χ1n) is 11.5. The van der Waals surface area contributed by atoms with Crippen LogP contribution >= 0.6 is 0 Å². The number of hydrogen-bond acceptors (Lipinski definition) is 5. The van der Waals surface area contributed by atoms with Crippen LogP contribution in [0.25, 0.3) is 28.1 Å². The van der Waals surface area contributed by atoms with Crippen LogP contribution in [0.3, 0.4) is 0 Å². The molecule has 1 aromatic heterocycles. The van der Waals surface area contributed by atoms with E-state index in [9.17, 15) is 13.2 Å². The topological polar surface area (TPSA) is 64.3 Å². The number of rotatable bonds is 5. The quantitative estimate of drug-likeness (QED) is 0.299. The lowest BCUT2D eigenvalue weighted by molar-refractivity contribution is -0.274. The molecule has 3 aromatic rings. The molecule has 2 aromatic carbocycles. The summed E-state index contributed by atoms with van der Waals surface area (Å²) in [6.07, 6.45) is 0.697. The van der Waals surface area contributed by atoms with E-state index in [1.54, 1.807) is 18.5 Å². The van der Waals surface area contributed by atoms with Crippen LogP contribution in [0.4, 0.5) is 24.5 Å². The van der Waals surface area contributed by atoms with Crippen molar-refractivity contribution in [2.75, 3.05) is 5.32 Å². The molecular weight excluding hydrogens is 467 g/mol. The van der Waals surface area contributed by atoms with Gasteiger partial charge in [-0.25, -0.2) is 4.98 Å². The minimum Gasteiger partial charge on any atom is -0.406 e. The van der Waals surface area contributed by atoms with E-state index in [0.717, 1.165) is 35.1 Å². The number of nitrogens with zero attached hydrogens (tertiary/aromatic N) is 4. The summed E-state index contributed by atoms with van der Waals surface area (Å²) in [7, 11) is 0. The van der Waals surface area contributed by atoms with E-state index in [0.29, 0.717) is 22.6 Å². The van der Waals surface area contributed by atoms with E-state index >= 15 is 0 Å². The maximum absolute atomic E-state index is 12.9. The zero-order chi connectivity index (χ0) is 24.7. The zero-order valence-electron chi connectivity index (χ0n) is 18.9. The van der Waals surface area contributed by atoms with Crippen LogP contribution in [0.2, 0.25) is 0 Å². The summed E-state index contributed by atoms with van der Waals surface area (Å²) >= 11 is 0. The average Bonchev–Trinajstić information content (AvgIpc) is 3.67. The number of anilines is 2. The van der Waals surface area contributed by atoms with Crippen molar-refractivity contribution in [2.45, 2.75) is 25.2 Å². The standard InChI is InChI=1S/C27H20F3N5O/c28-27(29,30)36-20-7-3-6-19(13-20)35-25-9-2-1-8-21(25)34-24-14-22(33-18-5-4-12-31-16-18)23(15-26(24)35)32-17-10-11-17/h1-9,12-17,33H,10-11H2. The summed E-state index contributed by atoms with van der Waals surface area (Å²) in [5, 5.41) is 4.14. The Morgan fingerprint density at radius 2 is 1.83 bits per heavy atom. The largest absolute Gasteiger partial charge is 0.573 e. The fourth-order valence-corrected chi connectivity index (χ4v) is 4.14. The predicted octanol–water partition coefficient (Wildman–Crippen LogP) is 6.23. The van der Waals surface area contributed by atoms with Gasteiger partial charge in [-0.05, 0) is 61.4 Å². The highest BCUT2D eigenvalue weighted by molar-refractivity contribution is 5.84. The minimum absolute atomic E-state index is 0.252. The van der Waals surface area contributed by atoms with Crippen molar-refractivity contribution in [3.8, 4) is 22.8 Å². The first-order chi connectivity index (χ1) is 17.4. The number of hydrogen-bond donors (Lipinski definition) is 1. The molecule has 0 amide bonds. The van der Waals surface area contributed by atoms with Crippen molar-refractivity contribution in [3.05, 3.63) is 90.5 Å². The molecular formula is C27H20F3N5O. The Kier molecular flexibility index (Phi) is 5.32. The lowest BCUT2D eigenvalue weighted by Gasteiger charge is -2.21. The molecule has 0 bridgehead atoms. The van der Waals surface area contributed by atoms with Crippen LogP contribution in [0, 0.1) is 0 Å². The van der Waals surface area contributed by atoms with Gasteiger partial charge in [0.1, 0.15) is 5.75 Å². The molecule has 6 nitrogen and oxygen atoms in total. The first-order valence-corrected chi connectivity index (χ1v) is 11.5. The van der Waals surface area contributed by atoms with E-state index in [1.165, 1.54) is 18.2 Å². The normalized spacial score (nSPS) is 14.4. The van der Waals surface area contributed by atoms with E-state index in [4.69, 9.17) is 9.98 Å². The van der Waals surface area contributed by atoms with E-state index in [2.05, 4.69) is 15.0 Å². The van der Waals surface area contributed by atoms with Crippen molar-refractivity contribution in [1.82, 2.24) is 14.5 Å². The van der Waals surface area contributed by atoms with Crippen LogP contribution in [0.15, 0.2) is 90.2 Å². The SMILES string of the molecule is FC(F)(F)Oc1cccc(-n2c3cc(=NC4CC4)c(Nc4cccnc4)cc-3nc3ccccc32)c1. The van der Waals surface area contributed by atoms with Gasteiger partial charge in [-0.2, -0.15) is 0 Å². The number of ether oxygens (including phenoxy) is 1. The molecule has 0 saturated heterocycles. The number of para-hydroxylation sites is 2. The lowest BCUT2D eigenvalue weighted by Crippen LogP contribution is -2.17. The number of alkyl halides is 3. The highest BCUT2D eigenvalue weighted by atomic mass is 19.4. The van der Waals surface area contributed by atoms with Gasteiger partial charge in [-0.3, -0.25) is 9.98 Å². The molecule has 36 heavy (non-hydrogen) atoms. The summed E-state index contributed by atoms with van der Waals surface area (Å²) in [5.74, 6) is -0.292. The van der Waals surface area contributed by atoms with Crippen LogP contribution < -0.4 is 15.4 Å². The maximum atomic E-state index is 12.9. The van der Waals surface area contributed by atoms with Crippen LogP contribution in [-0.2, 0) is 0 Å². The van der Waals surface area contributed by atoms with Crippen molar-refractivity contribution >= 4 is 22.4 Å².